The number of hydrogen-bond acceptors (Lipinski definition) is 3. The molecule has 0 saturated carbocycles. The summed E-state index contributed by atoms with van der Waals surface area (Å²) in [6.07, 6.45) is 0. The van der Waals surface area contributed by atoms with E-state index in [1.807, 2.05) is 23.5 Å². The van der Waals surface area contributed by atoms with Gasteiger partial charge in [0.25, 0.3) is 0 Å². The van der Waals surface area contributed by atoms with Crippen LogP contribution in [0, 0.1) is 5.82 Å². The van der Waals surface area contributed by atoms with Crippen molar-refractivity contribution in [3.8, 4) is 0 Å². The zero-order valence-corrected chi connectivity index (χ0v) is 12.7. The molecule has 1 aliphatic heterocycles. The molecular formula is C12H15BrFNS2. The van der Waals surface area contributed by atoms with Gasteiger partial charge in [0.1, 0.15) is 5.82 Å². The fourth-order valence-electron chi connectivity index (χ4n) is 1.99. The third kappa shape index (κ3) is 3.19. The molecule has 1 saturated heterocycles. The van der Waals surface area contributed by atoms with Crippen LogP contribution in [0.3, 0.4) is 0 Å². The molecule has 0 bridgehead atoms. The van der Waals surface area contributed by atoms with E-state index in [-0.39, 0.29) is 17.1 Å². The molecule has 1 heterocycles. The smallest absolute Gasteiger partial charge is 0.128 e. The summed E-state index contributed by atoms with van der Waals surface area (Å²) in [7, 11) is 0. The van der Waals surface area contributed by atoms with Crippen LogP contribution in [0.25, 0.3) is 0 Å². The van der Waals surface area contributed by atoms with Gasteiger partial charge in [-0.05, 0) is 18.2 Å². The molecular weight excluding hydrogens is 321 g/mol. The van der Waals surface area contributed by atoms with Crippen molar-refractivity contribution in [3.63, 3.8) is 0 Å². The van der Waals surface area contributed by atoms with Gasteiger partial charge in [0.2, 0.25) is 0 Å². The molecule has 3 atom stereocenters. The highest BCUT2D eigenvalue weighted by Crippen LogP contribution is 2.38. The standard InChI is InChI=1S/C12H15BrFNS2/c1-7-12(17-5-4-16-7)11(15)9-6-8(13)2-3-10(9)14/h2-3,6-7,11-12H,4-5,15H2,1H3. The van der Waals surface area contributed by atoms with Crippen LogP contribution in [0.1, 0.15) is 18.5 Å². The van der Waals surface area contributed by atoms with Gasteiger partial charge in [0, 0.05) is 38.1 Å². The Hall–Kier alpha value is 0.290. The lowest BCUT2D eigenvalue weighted by Gasteiger charge is -2.32. The Bertz CT molecular complexity index is 402. The molecule has 0 amide bonds. The highest BCUT2D eigenvalue weighted by molar-refractivity contribution is 9.10. The number of hydrogen-bond donors (Lipinski definition) is 1. The maximum Gasteiger partial charge on any atom is 0.128 e. The van der Waals surface area contributed by atoms with Crippen molar-refractivity contribution in [2.24, 2.45) is 5.73 Å². The van der Waals surface area contributed by atoms with Crippen LogP contribution in [0.15, 0.2) is 22.7 Å². The van der Waals surface area contributed by atoms with Crippen molar-refractivity contribution in [1.82, 2.24) is 0 Å². The van der Waals surface area contributed by atoms with Crippen LogP contribution in [0.4, 0.5) is 4.39 Å². The van der Waals surface area contributed by atoms with E-state index in [2.05, 4.69) is 22.9 Å². The second-order valence-corrected chi connectivity index (χ2v) is 7.79. The topological polar surface area (TPSA) is 26.0 Å². The van der Waals surface area contributed by atoms with Crippen LogP contribution in [0.2, 0.25) is 0 Å². The zero-order chi connectivity index (χ0) is 12.4. The van der Waals surface area contributed by atoms with Gasteiger partial charge >= 0.3 is 0 Å². The van der Waals surface area contributed by atoms with E-state index in [1.165, 1.54) is 6.07 Å². The molecule has 1 nitrogen and oxygen atoms in total. The van der Waals surface area contributed by atoms with Gasteiger partial charge in [-0.15, -0.1) is 0 Å². The number of rotatable bonds is 2. The van der Waals surface area contributed by atoms with Crippen molar-refractivity contribution in [1.29, 1.82) is 0 Å². The molecule has 1 aliphatic rings. The third-order valence-corrected chi connectivity index (χ3v) is 6.62. The van der Waals surface area contributed by atoms with Crippen molar-refractivity contribution in [3.05, 3.63) is 34.1 Å². The van der Waals surface area contributed by atoms with Crippen LogP contribution in [-0.2, 0) is 0 Å². The molecule has 2 rings (SSSR count). The maximum atomic E-state index is 13.8. The Labute approximate surface area is 118 Å². The first-order valence-electron chi connectivity index (χ1n) is 5.53. The Kier molecular flexibility index (Phi) is 4.80. The SMILES string of the molecule is CC1SCCSC1C(N)c1cc(Br)ccc1F. The molecule has 94 valence electrons. The fourth-order valence-corrected chi connectivity index (χ4v) is 5.24. The minimum atomic E-state index is -0.236. The largest absolute Gasteiger partial charge is 0.323 e. The van der Waals surface area contributed by atoms with E-state index in [0.29, 0.717) is 10.8 Å². The second-order valence-electron chi connectivity index (χ2n) is 4.10. The molecule has 17 heavy (non-hydrogen) atoms. The third-order valence-electron chi connectivity index (χ3n) is 2.91. The van der Waals surface area contributed by atoms with Gasteiger partial charge in [0.05, 0.1) is 0 Å². The molecule has 1 fully saturated rings. The maximum absolute atomic E-state index is 13.8. The molecule has 5 heteroatoms. The molecule has 3 unspecified atom stereocenters. The summed E-state index contributed by atoms with van der Waals surface area (Å²) < 4.78 is 14.7. The highest BCUT2D eigenvalue weighted by atomic mass is 79.9. The summed E-state index contributed by atoms with van der Waals surface area (Å²) in [4.78, 5) is 0. The predicted molar refractivity (Wildman–Crippen MR) is 79.2 cm³/mol. The van der Waals surface area contributed by atoms with E-state index >= 15 is 0 Å². The number of halogens is 2. The van der Waals surface area contributed by atoms with Crippen LogP contribution < -0.4 is 5.73 Å². The van der Waals surface area contributed by atoms with Crippen LogP contribution in [-0.4, -0.2) is 22.0 Å². The van der Waals surface area contributed by atoms with E-state index in [4.69, 9.17) is 5.73 Å². The average Bonchev–Trinajstić information content (AvgIpc) is 2.32. The molecule has 0 radical (unpaired) electrons. The van der Waals surface area contributed by atoms with Gasteiger partial charge in [0.15, 0.2) is 0 Å². The Morgan fingerprint density at radius 2 is 2.12 bits per heavy atom. The van der Waals surface area contributed by atoms with E-state index in [1.54, 1.807) is 12.1 Å². The lowest BCUT2D eigenvalue weighted by atomic mass is 10.0. The van der Waals surface area contributed by atoms with Gasteiger partial charge in [-0.25, -0.2) is 4.39 Å². The molecule has 1 aromatic carbocycles. The highest BCUT2D eigenvalue weighted by Gasteiger charge is 2.30. The molecule has 1 aromatic rings. The van der Waals surface area contributed by atoms with Gasteiger partial charge in [-0.3, -0.25) is 0 Å². The molecule has 0 spiro atoms. The van der Waals surface area contributed by atoms with E-state index < -0.39 is 0 Å². The Morgan fingerprint density at radius 1 is 1.41 bits per heavy atom. The summed E-state index contributed by atoms with van der Waals surface area (Å²) in [5.41, 5.74) is 6.85. The summed E-state index contributed by atoms with van der Waals surface area (Å²) in [6.45, 7) is 2.18. The normalized spacial score (nSPS) is 26.8. The zero-order valence-electron chi connectivity index (χ0n) is 9.53. The lowest BCUT2D eigenvalue weighted by molar-refractivity contribution is 0.568. The van der Waals surface area contributed by atoms with Crippen molar-refractivity contribution in [2.75, 3.05) is 11.5 Å². The Morgan fingerprint density at radius 3 is 2.82 bits per heavy atom. The summed E-state index contributed by atoms with van der Waals surface area (Å²) >= 11 is 7.15. The van der Waals surface area contributed by atoms with Crippen molar-refractivity contribution >= 4 is 39.5 Å². The minimum Gasteiger partial charge on any atom is -0.323 e. The van der Waals surface area contributed by atoms with Crippen LogP contribution >= 0.6 is 39.5 Å². The first-order valence-corrected chi connectivity index (χ1v) is 8.42. The summed E-state index contributed by atoms with van der Waals surface area (Å²) in [5.74, 6) is 2.06. The Balaban J connectivity index is 2.23. The minimum absolute atomic E-state index is 0.205. The molecule has 0 aliphatic carbocycles. The summed E-state index contributed by atoms with van der Waals surface area (Å²) in [5, 5.41) is 0.764. The summed E-state index contributed by atoms with van der Waals surface area (Å²) in [6, 6.07) is 4.75. The average molecular weight is 336 g/mol. The predicted octanol–water partition coefficient (Wildman–Crippen LogP) is 3.83. The first kappa shape index (κ1) is 13.7. The van der Waals surface area contributed by atoms with E-state index in [9.17, 15) is 4.39 Å². The first-order chi connectivity index (χ1) is 8.09. The number of nitrogens with two attached hydrogens (primary N) is 1. The molecule has 0 aromatic heterocycles. The van der Waals surface area contributed by atoms with Crippen molar-refractivity contribution in [2.45, 2.75) is 23.5 Å². The number of benzene rings is 1. The van der Waals surface area contributed by atoms with Crippen LogP contribution in [0.5, 0.6) is 0 Å². The van der Waals surface area contributed by atoms with E-state index in [0.717, 1.165) is 16.0 Å². The van der Waals surface area contributed by atoms with Gasteiger partial charge in [-0.1, -0.05) is 22.9 Å². The quantitative estimate of drug-likeness (QED) is 0.889. The lowest BCUT2D eigenvalue weighted by Crippen LogP contribution is -2.34. The number of thioether (sulfide) groups is 2. The van der Waals surface area contributed by atoms with Gasteiger partial charge < -0.3 is 5.73 Å². The second kappa shape index (κ2) is 5.95. The fraction of sp³-hybridized carbons (Fsp3) is 0.500. The molecule has 2 N–H and O–H groups in total. The monoisotopic (exact) mass is 335 g/mol. The van der Waals surface area contributed by atoms with Crippen molar-refractivity contribution < 1.29 is 4.39 Å². The van der Waals surface area contributed by atoms with Gasteiger partial charge in [-0.2, -0.15) is 23.5 Å².